The van der Waals surface area contributed by atoms with E-state index in [0.717, 1.165) is 37.3 Å². The fourth-order valence-electron chi connectivity index (χ4n) is 2.59. The molecule has 0 unspecified atom stereocenters. The Balaban J connectivity index is 2.36. The number of hydrogen-bond donors (Lipinski definition) is 1. The Morgan fingerprint density at radius 3 is 2.41 bits per heavy atom. The molecule has 0 atom stereocenters. The van der Waals surface area contributed by atoms with Crippen molar-refractivity contribution in [2.24, 2.45) is 0 Å². The minimum Gasteiger partial charge on any atom is -0.384 e. The number of rotatable bonds is 6. The van der Waals surface area contributed by atoms with Crippen molar-refractivity contribution in [2.45, 2.75) is 71.3 Å². The predicted octanol–water partition coefficient (Wildman–Crippen LogP) is 3.66. The summed E-state index contributed by atoms with van der Waals surface area (Å²) in [6.07, 6.45) is 5.98. The monoisotopic (exact) mass is 235 g/mol. The Kier molecular flexibility index (Phi) is 3.75. The van der Waals surface area contributed by atoms with Crippen LogP contribution in [0.15, 0.2) is 0 Å². The molecule has 96 valence electrons. The van der Waals surface area contributed by atoms with Crippen LogP contribution in [0.25, 0.3) is 0 Å². The van der Waals surface area contributed by atoms with Gasteiger partial charge in [-0.25, -0.2) is 4.98 Å². The van der Waals surface area contributed by atoms with Gasteiger partial charge < -0.3 is 10.3 Å². The third kappa shape index (κ3) is 2.33. The first-order chi connectivity index (χ1) is 8.22. The zero-order chi connectivity index (χ0) is 12.4. The molecule has 0 aliphatic heterocycles. The number of anilines is 1. The summed E-state index contributed by atoms with van der Waals surface area (Å²) in [5.41, 5.74) is 7.47. The van der Waals surface area contributed by atoms with Gasteiger partial charge in [0, 0.05) is 18.4 Å². The molecule has 3 heteroatoms. The maximum atomic E-state index is 6.31. The predicted molar refractivity (Wildman–Crippen MR) is 72.2 cm³/mol. The van der Waals surface area contributed by atoms with E-state index < -0.39 is 0 Å². The first kappa shape index (κ1) is 12.5. The van der Waals surface area contributed by atoms with Crippen LogP contribution in [0.5, 0.6) is 0 Å². The van der Waals surface area contributed by atoms with Crippen LogP contribution < -0.4 is 5.73 Å². The maximum absolute atomic E-state index is 6.31. The van der Waals surface area contributed by atoms with Gasteiger partial charge in [-0.2, -0.15) is 0 Å². The second-order valence-electron chi connectivity index (χ2n) is 5.18. The molecule has 1 aliphatic rings. The lowest BCUT2D eigenvalue weighted by Crippen LogP contribution is -2.07. The Bertz CT molecular complexity index is 373. The second-order valence-corrected chi connectivity index (χ2v) is 5.18. The number of hydrogen-bond acceptors (Lipinski definition) is 2. The molecule has 0 bridgehead atoms. The van der Waals surface area contributed by atoms with Gasteiger partial charge in [0.2, 0.25) is 0 Å². The minimum absolute atomic E-state index is 0.533. The van der Waals surface area contributed by atoms with Crippen LogP contribution in [0.4, 0.5) is 5.82 Å². The van der Waals surface area contributed by atoms with Gasteiger partial charge in [-0.1, -0.05) is 20.8 Å². The van der Waals surface area contributed by atoms with E-state index >= 15 is 0 Å². The lowest BCUT2D eigenvalue weighted by atomic mass is 9.99. The molecule has 2 N–H and O–H groups in total. The highest BCUT2D eigenvalue weighted by molar-refractivity contribution is 5.42. The minimum atomic E-state index is 0.533. The van der Waals surface area contributed by atoms with Crippen molar-refractivity contribution in [3.05, 3.63) is 11.5 Å². The first-order valence-electron chi connectivity index (χ1n) is 7.08. The second kappa shape index (κ2) is 5.11. The summed E-state index contributed by atoms with van der Waals surface area (Å²) in [6.45, 7) is 7.67. The standard InChI is InChI=1S/C14H25N3/c1-4-9-17-13(15)12(10(5-2)6-3)16-14(17)11-7-8-11/h10-11H,4-9,15H2,1-3H3. The van der Waals surface area contributed by atoms with Gasteiger partial charge in [0.15, 0.2) is 0 Å². The first-order valence-corrected chi connectivity index (χ1v) is 7.08. The van der Waals surface area contributed by atoms with Crippen molar-refractivity contribution in [2.75, 3.05) is 5.73 Å². The zero-order valence-electron chi connectivity index (χ0n) is 11.4. The quantitative estimate of drug-likeness (QED) is 0.817. The number of nitrogens with zero attached hydrogens (tertiary/aromatic N) is 2. The molecule has 1 aliphatic carbocycles. The summed E-state index contributed by atoms with van der Waals surface area (Å²) in [6, 6.07) is 0. The van der Waals surface area contributed by atoms with Crippen LogP contribution >= 0.6 is 0 Å². The molecule has 0 amide bonds. The van der Waals surface area contributed by atoms with E-state index in [1.807, 2.05) is 0 Å². The van der Waals surface area contributed by atoms with E-state index in [-0.39, 0.29) is 0 Å². The number of imidazole rings is 1. The van der Waals surface area contributed by atoms with Gasteiger partial charge in [0.25, 0.3) is 0 Å². The van der Waals surface area contributed by atoms with Crippen LogP contribution in [0.2, 0.25) is 0 Å². The van der Waals surface area contributed by atoms with Crippen LogP contribution in [0, 0.1) is 0 Å². The highest BCUT2D eigenvalue weighted by atomic mass is 15.2. The molecule has 1 saturated carbocycles. The van der Waals surface area contributed by atoms with Gasteiger partial charge in [-0.15, -0.1) is 0 Å². The Hall–Kier alpha value is -0.990. The molecular formula is C14H25N3. The Labute approximate surface area is 104 Å². The highest BCUT2D eigenvalue weighted by Crippen LogP contribution is 2.42. The van der Waals surface area contributed by atoms with Crippen molar-refractivity contribution in [1.82, 2.24) is 9.55 Å². The molecule has 2 rings (SSSR count). The molecule has 1 heterocycles. The van der Waals surface area contributed by atoms with E-state index in [9.17, 15) is 0 Å². The van der Waals surface area contributed by atoms with E-state index in [1.165, 1.54) is 18.7 Å². The third-order valence-corrected chi connectivity index (χ3v) is 3.83. The summed E-state index contributed by atoms with van der Waals surface area (Å²) in [4.78, 5) is 4.87. The molecule has 0 spiro atoms. The van der Waals surface area contributed by atoms with Crippen molar-refractivity contribution < 1.29 is 0 Å². The summed E-state index contributed by atoms with van der Waals surface area (Å²) in [5, 5.41) is 0. The van der Waals surface area contributed by atoms with E-state index in [4.69, 9.17) is 10.7 Å². The molecule has 1 aromatic rings. The smallest absolute Gasteiger partial charge is 0.127 e. The van der Waals surface area contributed by atoms with Crippen molar-refractivity contribution in [3.8, 4) is 0 Å². The van der Waals surface area contributed by atoms with Crippen molar-refractivity contribution >= 4 is 5.82 Å². The van der Waals surface area contributed by atoms with Gasteiger partial charge in [-0.3, -0.25) is 0 Å². The summed E-state index contributed by atoms with van der Waals surface area (Å²) < 4.78 is 2.27. The number of nitrogen functional groups attached to an aromatic ring is 1. The lowest BCUT2D eigenvalue weighted by Gasteiger charge is -2.11. The Morgan fingerprint density at radius 2 is 1.94 bits per heavy atom. The molecular weight excluding hydrogens is 210 g/mol. The maximum Gasteiger partial charge on any atom is 0.127 e. The van der Waals surface area contributed by atoms with Crippen molar-refractivity contribution in [1.29, 1.82) is 0 Å². The summed E-state index contributed by atoms with van der Waals surface area (Å²) in [7, 11) is 0. The van der Waals surface area contributed by atoms with Gasteiger partial charge in [-0.05, 0) is 32.1 Å². The molecule has 0 radical (unpaired) electrons. The number of nitrogens with two attached hydrogens (primary N) is 1. The highest BCUT2D eigenvalue weighted by Gasteiger charge is 2.31. The average molecular weight is 235 g/mol. The molecule has 0 aromatic carbocycles. The topological polar surface area (TPSA) is 43.8 Å². The molecule has 3 nitrogen and oxygen atoms in total. The number of aromatic nitrogens is 2. The largest absolute Gasteiger partial charge is 0.384 e. The summed E-state index contributed by atoms with van der Waals surface area (Å²) >= 11 is 0. The van der Waals surface area contributed by atoms with Crippen molar-refractivity contribution in [3.63, 3.8) is 0 Å². The molecule has 1 fully saturated rings. The summed E-state index contributed by atoms with van der Waals surface area (Å²) in [5.74, 6) is 3.41. The molecule has 1 aromatic heterocycles. The average Bonchev–Trinajstić information content (AvgIpc) is 3.12. The Morgan fingerprint density at radius 1 is 1.29 bits per heavy atom. The van der Waals surface area contributed by atoms with Crippen LogP contribution in [0.1, 0.15) is 76.2 Å². The van der Waals surface area contributed by atoms with E-state index in [0.29, 0.717) is 11.8 Å². The molecule has 17 heavy (non-hydrogen) atoms. The van der Waals surface area contributed by atoms with E-state index in [2.05, 4.69) is 25.3 Å². The third-order valence-electron chi connectivity index (χ3n) is 3.83. The van der Waals surface area contributed by atoms with E-state index in [1.54, 1.807) is 0 Å². The van der Waals surface area contributed by atoms with Crippen LogP contribution in [-0.4, -0.2) is 9.55 Å². The normalized spacial score (nSPS) is 15.8. The fraction of sp³-hybridized carbons (Fsp3) is 0.786. The van der Waals surface area contributed by atoms with Gasteiger partial charge in [0.05, 0.1) is 5.69 Å². The SMILES string of the molecule is CCCn1c(C2CC2)nc(C(CC)CC)c1N. The van der Waals surface area contributed by atoms with Crippen LogP contribution in [0.3, 0.4) is 0 Å². The molecule has 0 saturated heterocycles. The van der Waals surface area contributed by atoms with Gasteiger partial charge >= 0.3 is 0 Å². The zero-order valence-corrected chi connectivity index (χ0v) is 11.4. The fourth-order valence-corrected chi connectivity index (χ4v) is 2.59. The van der Waals surface area contributed by atoms with Crippen LogP contribution in [-0.2, 0) is 6.54 Å². The lowest BCUT2D eigenvalue weighted by molar-refractivity contribution is 0.626. The van der Waals surface area contributed by atoms with Gasteiger partial charge in [0.1, 0.15) is 11.6 Å².